The van der Waals surface area contributed by atoms with Crippen molar-refractivity contribution in [3.8, 4) is 0 Å². The van der Waals surface area contributed by atoms with Gasteiger partial charge >= 0.3 is 0 Å². The van der Waals surface area contributed by atoms with Gasteiger partial charge in [0.25, 0.3) is 0 Å². The summed E-state index contributed by atoms with van der Waals surface area (Å²) in [6.45, 7) is 4.37. The van der Waals surface area contributed by atoms with Crippen molar-refractivity contribution in [3.63, 3.8) is 0 Å². The molecule has 3 N–H and O–H groups in total. The maximum atomic E-state index is 5.51. The molecule has 0 amide bonds. The van der Waals surface area contributed by atoms with Crippen molar-refractivity contribution in [1.82, 2.24) is 9.97 Å². The fourth-order valence-corrected chi connectivity index (χ4v) is 2.56. The molecule has 5 heteroatoms. The monoisotopic (exact) mass is 248 g/mol. The first-order valence-electron chi connectivity index (χ1n) is 5.54. The zero-order chi connectivity index (χ0) is 12.3. The summed E-state index contributed by atoms with van der Waals surface area (Å²) < 4.78 is 0. The Balaban J connectivity index is 2.16. The van der Waals surface area contributed by atoms with Gasteiger partial charge in [0.2, 0.25) is 0 Å². The van der Waals surface area contributed by atoms with Gasteiger partial charge in [0.15, 0.2) is 0 Å². The van der Waals surface area contributed by atoms with Gasteiger partial charge in [-0.05, 0) is 17.4 Å². The molecule has 1 unspecified atom stereocenters. The predicted octanol–water partition coefficient (Wildman–Crippen LogP) is 2.93. The van der Waals surface area contributed by atoms with Crippen LogP contribution in [0.5, 0.6) is 0 Å². The molecule has 0 fully saturated rings. The lowest BCUT2D eigenvalue weighted by molar-refractivity contribution is 0.552. The number of hydrogen-bond acceptors (Lipinski definition) is 5. The molecule has 90 valence electrons. The van der Waals surface area contributed by atoms with E-state index in [0.29, 0.717) is 11.7 Å². The van der Waals surface area contributed by atoms with Crippen molar-refractivity contribution in [2.45, 2.75) is 19.9 Å². The van der Waals surface area contributed by atoms with Gasteiger partial charge in [0.1, 0.15) is 11.6 Å². The van der Waals surface area contributed by atoms with Crippen LogP contribution in [0.4, 0.5) is 11.6 Å². The van der Waals surface area contributed by atoms with E-state index >= 15 is 0 Å². The molecule has 0 saturated heterocycles. The summed E-state index contributed by atoms with van der Waals surface area (Å²) in [4.78, 5) is 9.55. The Morgan fingerprint density at radius 2 is 2.12 bits per heavy atom. The van der Waals surface area contributed by atoms with Crippen LogP contribution in [0, 0.1) is 5.92 Å². The topological polar surface area (TPSA) is 63.8 Å². The standard InChI is InChI=1S/C12H16N4S/c1-8(2)12(9-4-3-5-17-9)16-11-7-14-10(13)6-15-11/h3-8,12H,1-2H3,(H2,13,14)(H,15,16). The highest BCUT2D eigenvalue weighted by atomic mass is 32.1. The maximum absolute atomic E-state index is 5.51. The molecule has 2 aromatic heterocycles. The molecule has 0 aromatic carbocycles. The molecule has 2 rings (SSSR count). The number of nitrogen functional groups attached to an aromatic ring is 1. The molecular formula is C12H16N4S. The lowest BCUT2D eigenvalue weighted by atomic mass is 10.0. The normalized spacial score (nSPS) is 12.6. The largest absolute Gasteiger partial charge is 0.382 e. The Labute approximate surface area is 105 Å². The zero-order valence-corrected chi connectivity index (χ0v) is 10.7. The van der Waals surface area contributed by atoms with Crippen molar-refractivity contribution in [2.24, 2.45) is 5.92 Å². The molecule has 0 spiro atoms. The first-order valence-corrected chi connectivity index (χ1v) is 6.42. The number of thiophene rings is 1. The van der Waals surface area contributed by atoms with Gasteiger partial charge in [0.05, 0.1) is 18.4 Å². The van der Waals surface area contributed by atoms with E-state index in [0.717, 1.165) is 5.82 Å². The Bertz CT molecular complexity index is 450. The van der Waals surface area contributed by atoms with Crippen molar-refractivity contribution < 1.29 is 0 Å². The smallest absolute Gasteiger partial charge is 0.145 e. The number of anilines is 2. The van der Waals surface area contributed by atoms with Gasteiger partial charge < -0.3 is 11.1 Å². The second-order valence-corrected chi connectivity index (χ2v) is 5.19. The third-order valence-corrected chi connectivity index (χ3v) is 3.45. The summed E-state index contributed by atoms with van der Waals surface area (Å²) in [7, 11) is 0. The Hall–Kier alpha value is -1.62. The molecule has 0 saturated carbocycles. The van der Waals surface area contributed by atoms with Gasteiger partial charge in [-0.2, -0.15) is 0 Å². The molecular weight excluding hydrogens is 232 g/mol. The molecule has 2 heterocycles. The van der Waals surface area contributed by atoms with Crippen LogP contribution in [-0.2, 0) is 0 Å². The summed E-state index contributed by atoms with van der Waals surface area (Å²) in [5.41, 5.74) is 5.51. The third kappa shape index (κ3) is 2.94. The molecule has 0 aliphatic carbocycles. The summed E-state index contributed by atoms with van der Waals surface area (Å²) in [5, 5.41) is 5.47. The lowest BCUT2D eigenvalue weighted by Gasteiger charge is -2.21. The van der Waals surface area contributed by atoms with E-state index in [2.05, 4.69) is 46.6 Å². The van der Waals surface area contributed by atoms with Crippen LogP contribution >= 0.6 is 11.3 Å². The highest BCUT2D eigenvalue weighted by Crippen LogP contribution is 2.28. The van der Waals surface area contributed by atoms with Gasteiger partial charge in [-0.15, -0.1) is 11.3 Å². The number of nitrogens with one attached hydrogen (secondary N) is 1. The van der Waals surface area contributed by atoms with E-state index in [1.165, 1.54) is 4.88 Å². The Morgan fingerprint density at radius 1 is 1.29 bits per heavy atom. The summed E-state index contributed by atoms with van der Waals surface area (Å²) in [6, 6.07) is 4.45. The Kier molecular flexibility index (Phi) is 3.58. The lowest BCUT2D eigenvalue weighted by Crippen LogP contribution is -2.16. The van der Waals surface area contributed by atoms with Crippen LogP contribution in [-0.4, -0.2) is 9.97 Å². The number of aromatic nitrogens is 2. The first-order chi connectivity index (χ1) is 8.16. The van der Waals surface area contributed by atoms with E-state index in [4.69, 9.17) is 5.73 Å². The van der Waals surface area contributed by atoms with Crippen LogP contribution < -0.4 is 11.1 Å². The van der Waals surface area contributed by atoms with Crippen LogP contribution in [0.1, 0.15) is 24.8 Å². The summed E-state index contributed by atoms with van der Waals surface area (Å²) >= 11 is 1.75. The number of nitrogens with zero attached hydrogens (tertiary/aromatic N) is 2. The van der Waals surface area contributed by atoms with Crippen molar-refractivity contribution in [1.29, 1.82) is 0 Å². The van der Waals surface area contributed by atoms with Gasteiger partial charge in [0, 0.05) is 4.88 Å². The molecule has 1 atom stereocenters. The number of hydrogen-bond donors (Lipinski definition) is 2. The maximum Gasteiger partial charge on any atom is 0.145 e. The molecule has 0 radical (unpaired) electrons. The second-order valence-electron chi connectivity index (χ2n) is 4.21. The van der Waals surface area contributed by atoms with E-state index in [1.54, 1.807) is 23.7 Å². The molecule has 17 heavy (non-hydrogen) atoms. The van der Waals surface area contributed by atoms with Crippen LogP contribution in [0.15, 0.2) is 29.9 Å². The fraction of sp³-hybridized carbons (Fsp3) is 0.333. The van der Waals surface area contributed by atoms with Crippen LogP contribution in [0.25, 0.3) is 0 Å². The average molecular weight is 248 g/mol. The van der Waals surface area contributed by atoms with Crippen LogP contribution in [0.2, 0.25) is 0 Å². The highest BCUT2D eigenvalue weighted by molar-refractivity contribution is 7.10. The molecule has 0 aliphatic heterocycles. The number of rotatable bonds is 4. The van der Waals surface area contributed by atoms with E-state index in [-0.39, 0.29) is 6.04 Å². The minimum atomic E-state index is 0.257. The highest BCUT2D eigenvalue weighted by Gasteiger charge is 2.16. The average Bonchev–Trinajstić information content (AvgIpc) is 2.81. The molecule has 2 aromatic rings. The van der Waals surface area contributed by atoms with E-state index < -0.39 is 0 Å². The van der Waals surface area contributed by atoms with E-state index in [9.17, 15) is 0 Å². The second kappa shape index (κ2) is 5.14. The van der Waals surface area contributed by atoms with Crippen molar-refractivity contribution >= 4 is 23.0 Å². The van der Waals surface area contributed by atoms with Gasteiger partial charge in [-0.3, -0.25) is 0 Å². The SMILES string of the molecule is CC(C)C(Nc1cnc(N)cn1)c1cccs1. The fourth-order valence-electron chi connectivity index (χ4n) is 1.61. The first kappa shape index (κ1) is 11.9. The Morgan fingerprint density at radius 3 is 2.65 bits per heavy atom. The quantitative estimate of drug-likeness (QED) is 0.873. The van der Waals surface area contributed by atoms with Crippen molar-refractivity contribution in [2.75, 3.05) is 11.1 Å². The summed E-state index contributed by atoms with van der Waals surface area (Å²) in [5.74, 6) is 1.67. The summed E-state index contributed by atoms with van der Waals surface area (Å²) in [6.07, 6.45) is 3.23. The minimum Gasteiger partial charge on any atom is -0.382 e. The molecule has 0 aliphatic rings. The van der Waals surface area contributed by atoms with Crippen LogP contribution in [0.3, 0.4) is 0 Å². The molecule has 0 bridgehead atoms. The van der Waals surface area contributed by atoms with Gasteiger partial charge in [-0.25, -0.2) is 9.97 Å². The molecule has 4 nitrogen and oxygen atoms in total. The predicted molar refractivity (Wildman–Crippen MR) is 72.0 cm³/mol. The third-order valence-electron chi connectivity index (χ3n) is 2.49. The number of nitrogens with two attached hydrogens (primary N) is 1. The van der Waals surface area contributed by atoms with Crippen molar-refractivity contribution in [3.05, 3.63) is 34.8 Å². The van der Waals surface area contributed by atoms with E-state index in [1.807, 2.05) is 0 Å². The zero-order valence-electron chi connectivity index (χ0n) is 9.92. The minimum absolute atomic E-state index is 0.257. The van der Waals surface area contributed by atoms with Gasteiger partial charge in [-0.1, -0.05) is 19.9 Å².